The molecule has 2 N–H and O–H groups in total. The highest BCUT2D eigenvalue weighted by molar-refractivity contribution is 5.75. The zero-order chi connectivity index (χ0) is 13.9. The van der Waals surface area contributed by atoms with E-state index in [-0.39, 0.29) is 12.5 Å². The van der Waals surface area contributed by atoms with E-state index in [4.69, 9.17) is 0 Å². The Morgan fingerprint density at radius 3 is 2.17 bits per heavy atom. The van der Waals surface area contributed by atoms with E-state index in [0.29, 0.717) is 6.42 Å². The third kappa shape index (κ3) is 3.10. The summed E-state index contributed by atoms with van der Waals surface area (Å²) >= 11 is 0. The monoisotopic (exact) mass is 249 g/mol. The average molecular weight is 249 g/mol. The van der Waals surface area contributed by atoms with Gasteiger partial charge in [0.25, 0.3) is 0 Å². The Morgan fingerprint density at radius 2 is 1.72 bits per heavy atom. The Labute approximate surface area is 109 Å². The highest BCUT2D eigenvalue weighted by Crippen LogP contribution is 2.26. The van der Waals surface area contributed by atoms with E-state index in [1.54, 1.807) is 6.92 Å². The van der Waals surface area contributed by atoms with Crippen LogP contribution in [0, 0.1) is 27.7 Å². The largest absolute Gasteiger partial charge is 0.387 e. The van der Waals surface area contributed by atoms with Crippen molar-refractivity contribution in [2.24, 2.45) is 0 Å². The molecule has 0 aliphatic carbocycles. The van der Waals surface area contributed by atoms with Gasteiger partial charge in [-0.05, 0) is 55.5 Å². The van der Waals surface area contributed by atoms with E-state index in [1.165, 1.54) is 11.1 Å². The van der Waals surface area contributed by atoms with E-state index in [0.717, 1.165) is 16.7 Å². The zero-order valence-electron chi connectivity index (χ0n) is 11.9. The first kappa shape index (κ1) is 14.7. The molecule has 1 aromatic carbocycles. The van der Waals surface area contributed by atoms with Gasteiger partial charge in [-0.2, -0.15) is 0 Å². The number of hydrogen-bond donors (Lipinski definition) is 2. The Kier molecular flexibility index (Phi) is 4.91. The molecular weight excluding hydrogens is 226 g/mol. The Bertz CT molecular complexity index is 426. The molecule has 0 bridgehead atoms. The molecule has 1 amide bonds. The highest BCUT2D eigenvalue weighted by atomic mass is 16.3. The van der Waals surface area contributed by atoms with E-state index < -0.39 is 6.10 Å². The summed E-state index contributed by atoms with van der Waals surface area (Å²) in [4.78, 5) is 11.2. The van der Waals surface area contributed by atoms with Crippen molar-refractivity contribution in [2.75, 3.05) is 6.54 Å². The summed E-state index contributed by atoms with van der Waals surface area (Å²) in [5.74, 6) is -0.0336. The van der Waals surface area contributed by atoms with Gasteiger partial charge in [0, 0.05) is 13.0 Å². The number of carbonyl (C=O) groups excluding carboxylic acids is 1. The minimum atomic E-state index is -0.640. The van der Waals surface area contributed by atoms with Crippen LogP contribution >= 0.6 is 0 Å². The fourth-order valence-electron chi connectivity index (χ4n) is 2.18. The number of benzene rings is 1. The van der Waals surface area contributed by atoms with Crippen molar-refractivity contribution in [1.29, 1.82) is 0 Å². The van der Waals surface area contributed by atoms with Gasteiger partial charge in [-0.3, -0.25) is 4.79 Å². The lowest BCUT2D eigenvalue weighted by Crippen LogP contribution is -2.28. The minimum absolute atomic E-state index is 0.0336. The van der Waals surface area contributed by atoms with Crippen LogP contribution in [-0.4, -0.2) is 17.6 Å². The van der Waals surface area contributed by atoms with Crippen molar-refractivity contribution in [2.45, 2.75) is 47.1 Å². The van der Waals surface area contributed by atoms with Crippen LogP contribution in [0.4, 0.5) is 0 Å². The fraction of sp³-hybridized carbons (Fsp3) is 0.533. The van der Waals surface area contributed by atoms with Crippen molar-refractivity contribution in [3.8, 4) is 0 Å². The van der Waals surface area contributed by atoms with Gasteiger partial charge in [-0.1, -0.05) is 13.0 Å². The second-order valence-corrected chi connectivity index (χ2v) is 4.85. The predicted molar refractivity (Wildman–Crippen MR) is 73.7 cm³/mol. The highest BCUT2D eigenvalue weighted by Gasteiger charge is 2.16. The predicted octanol–water partition coefficient (Wildman–Crippen LogP) is 2.48. The maximum absolute atomic E-state index is 11.2. The Morgan fingerprint density at radius 1 is 1.22 bits per heavy atom. The number of rotatable bonds is 4. The molecule has 0 aliphatic rings. The number of aliphatic hydroxyl groups is 1. The lowest BCUT2D eigenvalue weighted by Gasteiger charge is -2.20. The van der Waals surface area contributed by atoms with Crippen molar-refractivity contribution < 1.29 is 9.90 Å². The average Bonchev–Trinajstić information content (AvgIpc) is 2.33. The van der Waals surface area contributed by atoms with Crippen molar-refractivity contribution in [1.82, 2.24) is 5.32 Å². The molecule has 0 saturated heterocycles. The molecule has 0 aromatic heterocycles. The second kappa shape index (κ2) is 6.01. The maximum atomic E-state index is 11.2. The summed E-state index contributed by atoms with van der Waals surface area (Å²) in [7, 11) is 0. The molecule has 1 aromatic rings. The fourth-order valence-corrected chi connectivity index (χ4v) is 2.18. The van der Waals surface area contributed by atoms with Gasteiger partial charge in [0.1, 0.15) is 0 Å². The summed E-state index contributed by atoms with van der Waals surface area (Å²) in [6.07, 6.45) is -0.198. The van der Waals surface area contributed by atoms with Crippen LogP contribution in [0.2, 0.25) is 0 Å². The molecular formula is C15H23NO2. The lowest BCUT2D eigenvalue weighted by molar-refractivity contribution is -0.121. The number of hydrogen-bond acceptors (Lipinski definition) is 2. The summed E-state index contributed by atoms with van der Waals surface area (Å²) in [6.45, 7) is 10.2. The van der Waals surface area contributed by atoms with Gasteiger partial charge in [0.2, 0.25) is 5.91 Å². The number of amides is 1. The zero-order valence-corrected chi connectivity index (χ0v) is 11.9. The molecule has 0 fully saturated rings. The number of nitrogens with one attached hydrogen (secondary N) is 1. The third-order valence-corrected chi connectivity index (χ3v) is 3.57. The minimum Gasteiger partial charge on any atom is -0.387 e. The van der Waals surface area contributed by atoms with Gasteiger partial charge in [0.05, 0.1) is 6.10 Å². The van der Waals surface area contributed by atoms with Crippen LogP contribution in [0.5, 0.6) is 0 Å². The summed E-state index contributed by atoms with van der Waals surface area (Å²) in [5.41, 5.74) is 5.51. The molecule has 0 saturated carbocycles. The van der Waals surface area contributed by atoms with E-state index in [2.05, 4.69) is 11.4 Å². The second-order valence-electron chi connectivity index (χ2n) is 4.85. The van der Waals surface area contributed by atoms with Gasteiger partial charge in [0.15, 0.2) is 0 Å². The summed E-state index contributed by atoms with van der Waals surface area (Å²) in [5, 5.41) is 13.0. The van der Waals surface area contributed by atoms with Gasteiger partial charge >= 0.3 is 0 Å². The lowest BCUT2D eigenvalue weighted by atomic mass is 9.91. The molecule has 0 aliphatic heterocycles. The van der Waals surface area contributed by atoms with Gasteiger partial charge in [-0.25, -0.2) is 0 Å². The van der Waals surface area contributed by atoms with Crippen molar-refractivity contribution in [3.05, 3.63) is 33.9 Å². The quantitative estimate of drug-likeness (QED) is 0.861. The number of carbonyl (C=O) groups is 1. The van der Waals surface area contributed by atoms with Crippen LogP contribution in [0.3, 0.4) is 0 Å². The molecule has 100 valence electrons. The summed E-state index contributed by atoms with van der Waals surface area (Å²) in [6, 6.07) is 2.13. The normalized spacial score (nSPS) is 12.3. The Balaban J connectivity index is 2.98. The van der Waals surface area contributed by atoms with E-state index in [1.807, 2.05) is 27.7 Å². The van der Waals surface area contributed by atoms with Crippen LogP contribution in [0.1, 0.15) is 47.3 Å². The smallest absolute Gasteiger partial charge is 0.219 e. The van der Waals surface area contributed by atoms with Crippen LogP contribution in [0.25, 0.3) is 0 Å². The van der Waals surface area contributed by atoms with E-state index >= 15 is 0 Å². The first-order chi connectivity index (χ1) is 8.38. The number of aryl methyl sites for hydroxylation is 2. The number of aliphatic hydroxyl groups excluding tert-OH is 1. The first-order valence-electron chi connectivity index (χ1n) is 6.40. The van der Waals surface area contributed by atoms with E-state index in [9.17, 15) is 9.90 Å². The first-order valence-corrected chi connectivity index (χ1v) is 6.40. The standard InChI is InChI=1S/C15H23NO2/c1-6-14(18)16-8-13(17)15-11(4)9(2)7-10(3)12(15)5/h7,13,17H,6,8H2,1-5H3,(H,16,18). The molecule has 1 unspecified atom stereocenters. The maximum Gasteiger partial charge on any atom is 0.219 e. The Hall–Kier alpha value is -1.35. The molecule has 3 heteroatoms. The molecule has 0 radical (unpaired) electrons. The molecule has 18 heavy (non-hydrogen) atoms. The van der Waals surface area contributed by atoms with Crippen LogP contribution in [0.15, 0.2) is 6.07 Å². The van der Waals surface area contributed by atoms with Crippen LogP contribution < -0.4 is 5.32 Å². The van der Waals surface area contributed by atoms with Gasteiger partial charge in [-0.15, -0.1) is 0 Å². The summed E-state index contributed by atoms with van der Waals surface area (Å²) < 4.78 is 0. The molecule has 3 nitrogen and oxygen atoms in total. The topological polar surface area (TPSA) is 49.3 Å². The molecule has 0 spiro atoms. The van der Waals surface area contributed by atoms with Gasteiger partial charge < -0.3 is 10.4 Å². The molecule has 1 atom stereocenters. The molecule has 0 heterocycles. The van der Waals surface area contributed by atoms with Crippen molar-refractivity contribution >= 4 is 5.91 Å². The third-order valence-electron chi connectivity index (χ3n) is 3.57. The molecule has 1 rings (SSSR count). The van der Waals surface area contributed by atoms with Crippen molar-refractivity contribution in [3.63, 3.8) is 0 Å². The SMILES string of the molecule is CCC(=O)NCC(O)c1c(C)c(C)cc(C)c1C. The van der Waals surface area contributed by atoms with Crippen LogP contribution in [-0.2, 0) is 4.79 Å².